The van der Waals surface area contributed by atoms with Crippen molar-refractivity contribution < 1.29 is 14.4 Å². The highest BCUT2D eigenvalue weighted by Crippen LogP contribution is 2.28. The van der Waals surface area contributed by atoms with Gasteiger partial charge >= 0.3 is 0 Å². The van der Waals surface area contributed by atoms with Crippen LogP contribution in [-0.4, -0.2) is 22.7 Å². The number of benzene rings is 2. The van der Waals surface area contributed by atoms with E-state index in [1.54, 1.807) is 43.3 Å². The molecule has 3 N–H and O–H groups in total. The quantitative estimate of drug-likeness (QED) is 0.624. The van der Waals surface area contributed by atoms with Crippen LogP contribution in [0.3, 0.4) is 0 Å². The Hall–Kier alpha value is -3.26. The average molecular weight is 382 g/mol. The van der Waals surface area contributed by atoms with Crippen molar-refractivity contribution in [2.24, 2.45) is 0 Å². The molecule has 0 radical (unpaired) electrons. The predicted molar refractivity (Wildman–Crippen MR) is 107 cm³/mol. The molecule has 8 heteroatoms. The number of carbonyl (C=O) groups excluding carboxylic acids is 3. The minimum Gasteiger partial charge on any atom is -0.326 e. The summed E-state index contributed by atoms with van der Waals surface area (Å²) in [4.78, 5) is 39.3. The third-order valence-corrected chi connectivity index (χ3v) is 4.61. The normalized spacial score (nSPS) is 10.4. The highest BCUT2D eigenvalue weighted by Gasteiger charge is 2.10. The highest BCUT2D eigenvalue weighted by molar-refractivity contribution is 7.22. The van der Waals surface area contributed by atoms with E-state index in [2.05, 4.69) is 20.9 Å². The molecule has 7 nitrogen and oxygen atoms in total. The van der Waals surface area contributed by atoms with Crippen molar-refractivity contribution in [2.75, 3.05) is 16.0 Å². The van der Waals surface area contributed by atoms with E-state index in [1.807, 2.05) is 6.07 Å². The van der Waals surface area contributed by atoms with E-state index < -0.39 is 0 Å². The topological polar surface area (TPSA) is 100 Å². The van der Waals surface area contributed by atoms with E-state index in [0.717, 1.165) is 10.2 Å². The molecule has 0 unspecified atom stereocenters. The molecule has 1 heterocycles. The molecule has 3 aromatic rings. The number of nitrogens with one attached hydrogen (secondary N) is 3. The molecule has 0 fully saturated rings. The van der Waals surface area contributed by atoms with Crippen LogP contribution in [0, 0.1) is 0 Å². The molecule has 0 spiro atoms. The zero-order chi connectivity index (χ0) is 19.4. The van der Waals surface area contributed by atoms with Gasteiger partial charge in [0.15, 0.2) is 5.13 Å². The number of amides is 3. The Morgan fingerprint density at radius 3 is 2.33 bits per heavy atom. The first-order valence-electron chi connectivity index (χ1n) is 8.34. The van der Waals surface area contributed by atoms with Gasteiger partial charge in [-0.2, -0.15) is 0 Å². The molecule has 3 amide bonds. The Morgan fingerprint density at radius 1 is 0.963 bits per heavy atom. The van der Waals surface area contributed by atoms with Gasteiger partial charge in [-0.25, -0.2) is 4.98 Å². The van der Waals surface area contributed by atoms with Gasteiger partial charge in [-0.15, -0.1) is 0 Å². The van der Waals surface area contributed by atoms with Gasteiger partial charge in [-0.1, -0.05) is 18.3 Å². The summed E-state index contributed by atoms with van der Waals surface area (Å²) in [5.41, 5.74) is 2.50. The molecule has 138 valence electrons. The van der Waals surface area contributed by atoms with Gasteiger partial charge in [0.2, 0.25) is 11.8 Å². The number of hydrogen-bond donors (Lipinski definition) is 3. The van der Waals surface area contributed by atoms with Gasteiger partial charge in [-0.05, 0) is 42.5 Å². The summed E-state index contributed by atoms with van der Waals surface area (Å²) in [6, 6.07) is 12.0. The molecule has 1 aromatic heterocycles. The Kier molecular flexibility index (Phi) is 5.46. The fourth-order valence-electron chi connectivity index (χ4n) is 2.37. The zero-order valence-corrected chi connectivity index (χ0v) is 15.6. The van der Waals surface area contributed by atoms with Crippen molar-refractivity contribution in [1.82, 2.24) is 4.98 Å². The first kappa shape index (κ1) is 18.5. The van der Waals surface area contributed by atoms with Gasteiger partial charge in [-0.3, -0.25) is 14.4 Å². The molecule has 0 bridgehead atoms. The lowest BCUT2D eigenvalue weighted by Gasteiger charge is -2.06. The molecule has 0 atom stereocenters. The Morgan fingerprint density at radius 2 is 1.67 bits per heavy atom. The molecule has 0 saturated heterocycles. The van der Waals surface area contributed by atoms with E-state index in [9.17, 15) is 14.4 Å². The summed E-state index contributed by atoms with van der Waals surface area (Å²) in [6.07, 6.45) is 0.387. The van der Waals surface area contributed by atoms with Crippen LogP contribution < -0.4 is 16.0 Å². The van der Waals surface area contributed by atoms with Crippen molar-refractivity contribution in [3.8, 4) is 0 Å². The maximum atomic E-state index is 12.4. The number of nitrogens with zero attached hydrogens (tertiary/aromatic N) is 1. The number of rotatable bonds is 5. The number of hydrogen-bond acceptors (Lipinski definition) is 5. The van der Waals surface area contributed by atoms with E-state index in [-0.39, 0.29) is 17.7 Å². The number of carbonyl (C=O) groups is 3. The van der Waals surface area contributed by atoms with Crippen LogP contribution in [0.25, 0.3) is 10.2 Å². The van der Waals surface area contributed by atoms with Crippen LogP contribution in [0.4, 0.5) is 16.5 Å². The maximum Gasteiger partial charge on any atom is 0.255 e. The molecular formula is C19H18N4O3S. The molecule has 27 heavy (non-hydrogen) atoms. The van der Waals surface area contributed by atoms with E-state index in [0.29, 0.717) is 28.5 Å². The van der Waals surface area contributed by atoms with Crippen LogP contribution in [0.2, 0.25) is 0 Å². The summed E-state index contributed by atoms with van der Waals surface area (Å²) in [7, 11) is 0. The Bertz CT molecular complexity index is 1010. The summed E-state index contributed by atoms with van der Waals surface area (Å²) in [5.74, 6) is -0.516. The predicted octanol–water partition coefficient (Wildman–Crippen LogP) is 3.86. The number of fused-ring (bicyclic) bond motifs is 1. The van der Waals surface area contributed by atoms with Crippen molar-refractivity contribution in [3.63, 3.8) is 0 Å². The second-order valence-corrected chi connectivity index (χ2v) is 6.85. The van der Waals surface area contributed by atoms with Crippen molar-refractivity contribution in [3.05, 3.63) is 48.0 Å². The minimum atomic E-state index is -0.257. The average Bonchev–Trinajstić information content (AvgIpc) is 3.03. The van der Waals surface area contributed by atoms with Crippen molar-refractivity contribution in [2.45, 2.75) is 20.3 Å². The van der Waals surface area contributed by atoms with Crippen LogP contribution in [0.1, 0.15) is 30.6 Å². The van der Waals surface area contributed by atoms with E-state index >= 15 is 0 Å². The lowest BCUT2D eigenvalue weighted by atomic mass is 10.2. The minimum absolute atomic E-state index is 0.0923. The van der Waals surface area contributed by atoms with Crippen LogP contribution in [0.15, 0.2) is 42.5 Å². The monoisotopic (exact) mass is 382 g/mol. The molecular weight excluding hydrogens is 364 g/mol. The fourth-order valence-corrected chi connectivity index (χ4v) is 3.30. The second-order valence-electron chi connectivity index (χ2n) is 5.82. The summed E-state index contributed by atoms with van der Waals surface area (Å²) >= 11 is 1.35. The lowest BCUT2D eigenvalue weighted by Crippen LogP contribution is -2.12. The van der Waals surface area contributed by atoms with Crippen LogP contribution in [-0.2, 0) is 9.59 Å². The third-order valence-electron chi connectivity index (χ3n) is 3.68. The summed E-state index contributed by atoms with van der Waals surface area (Å²) in [6.45, 7) is 3.20. The number of aromatic nitrogens is 1. The Labute approximate surface area is 159 Å². The maximum absolute atomic E-state index is 12.4. The van der Waals surface area contributed by atoms with Gasteiger partial charge in [0, 0.05) is 30.3 Å². The SMILES string of the molecule is CCC(=O)Nc1nc2ccc(NC(=O)c3ccc(NC(C)=O)cc3)cc2s1. The van der Waals surface area contributed by atoms with Crippen LogP contribution >= 0.6 is 11.3 Å². The standard InChI is InChI=1S/C19H18N4O3S/c1-3-17(25)23-19-22-15-9-8-14(10-16(15)27-19)21-18(26)12-4-6-13(7-5-12)20-11(2)24/h4-10H,3H2,1-2H3,(H,20,24)(H,21,26)(H,22,23,25). The zero-order valence-electron chi connectivity index (χ0n) is 14.8. The molecule has 3 rings (SSSR count). The molecule has 0 saturated carbocycles. The highest BCUT2D eigenvalue weighted by atomic mass is 32.1. The molecule has 0 aliphatic rings. The number of anilines is 3. The summed E-state index contributed by atoms with van der Waals surface area (Å²) < 4.78 is 0.861. The first-order chi connectivity index (χ1) is 12.9. The van der Waals surface area contributed by atoms with Crippen molar-refractivity contribution in [1.29, 1.82) is 0 Å². The smallest absolute Gasteiger partial charge is 0.255 e. The Balaban J connectivity index is 1.72. The second kappa shape index (κ2) is 7.96. The fraction of sp³-hybridized carbons (Fsp3) is 0.158. The van der Waals surface area contributed by atoms with Crippen molar-refractivity contribution >= 4 is 55.8 Å². The van der Waals surface area contributed by atoms with E-state index in [4.69, 9.17) is 0 Å². The van der Waals surface area contributed by atoms with Gasteiger partial charge in [0.05, 0.1) is 10.2 Å². The molecule has 0 aliphatic heterocycles. The largest absolute Gasteiger partial charge is 0.326 e. The molecule has 0 aliphatic carbocycles. The van der Waals surface area contributed by atoms with E-state index in [1.165, 1.54) is 18.3 Å². The third kappa shape index (κ3) is 4.68. The van der Waals surface area contributed by atoms with Gasteiger partial charge in [0.1, 0.15) is 0 Å². The summed E-state index contributed by atoms with van der Waals surface area (Å²) in [5, 5.41) is 8.76. The molecule has 2 aromatic carbocycles. The van der Waals surface area contributed by atoms with Crippen LogP contribution in [0.5, 0.6) is 0 Å². The van der Waals surface area contributed by atoms with Gasteiger partial charge < -0.3 is 16.0 Å². The lowest BCUT2D eigenvalue weighted by molar-refractivity contribution is -0.116. The first-order valence-corrected chi connectivity index (χ1v) is 9.15. The number of thiazole rings is 1. The van der Waals surface area contributed by atoms with Gasteiger partial charge in [0.25, 0.3) is 5.91 Å².